The van der Waals surface area contributed by atoms with Gasteiger partial charge in [-0.25, -0.2) is 0 Å². The minimum Gasteiger partial charge on any atom is -0.395 e. The van der Waals surface area contributed by atoms with Gasteiger partial charge in [0.25, 0.3) is 0 Å². The van der Waals surface area contributed by atoms with Crippen LogP contribution in [0.5, 0.6) is 0 Å². The molecule has 0 aromatic rings. The Labute approximate surface area is 113 Å². The summed E-state index contributed by atoms with van der Waals surface area (Å²) in [4.78, 5) is 14.5. The van der Waals surface area contributed by atoms with Crippen LogP contribution in [0.4, 0.5) is 0 Å². The Balaban J connectivity index is 4.69. The van der Waals surface area contributed by atoms with Gasteiger partial charge in [-0.3, -0.25) is 4.79 Å². The van der Waals surface area contributed by atoms with Gasteiger partial charge >= 0.3 is 0 Å². The minimum atomic E-state index is 0.0620. The largest absolute Gasteiger partial charge is 0.395 e. The van der Waals surface area contributed by atoms with Gasteiger partial charge < -0.3 is 10.0 Å². The topological polar surface area (TPSA) is 40.5 Å². The molecule has 1 N–H and O–H groups in total. The normalized spacial score (nSPS) is 12.8. The fourth-order valence-corrected chi connectivity index (χ4v) is 2.50. The van der Waals surface area contributed by atoms with Gasteiger partial charge in [-0.2, -0.15) is 0 Å². The lowest BCUT2D eigenvalue weighted by atomic mass is 9.96. The number of hydrogen-bond donors (Lipinski definition) is 1. The Hall–Kier alpha value is -0.570. The summed E-state index contributed by atoms with van der Waals surface area (Å²) in [5.41, 5.74) is 0. The predicted octanol–water partition coefficient (Wildman–Crippen LogP) is 3.21. The van der Waals surface area contributed by atoms with Crippen molar-refractivity contribution in [3.05, 3.63) is 0 Å². The number of aliphatic hydroxyl groups is 1. The summed E-state index contributed by atoms with van der Waals surface area (Å²) in [6.07, 6.45) is 6.06. The van der Waals surface area contributed by atoms with E-state index in [0.29, 0.717) is 6.54 Å². The Morgan fingerprint density at radius 3 is 2.11 bits per heavy atom. The van der Waals surface area contributed by atoms with Crippen LogP contribution in [0.25, 0.3) is 0 Å². The molecule has 18 heavy (non-hydrogen) atoms. The molecular formula is C15H31NO2. The Morgan fingerprint density at radius 2 is 1.72 bits per heavy atom. The molecule has 0 aliphatic rings. The number of carbonyl (C=O) groups excluding carboxylic acids is 1. The van der Waals surface area contributed by atoms with Crippen LogP contribution < -0.4 is 0 Å². The second-order valence-electron chi connectivity index (χ2n) is 4.97. The molecule has 0 aliphatic heterocycles. The first-order chi connectivity index (χ1) is 8.65. The lowest BCUT2D eigenvalue weighted by Crippen LogP contribution is -2.44. The van der Waals surface area contributed by atoms with E-state index in [9.17, 15) is 4.79 Å². The highest BCUT2D eigenvalue weighted by Gasteiger charge is 2.26. The van der Waals surface area contributed by atoms with E-state index in [4.69, 9.17) is 5.11 Å². The highest BCUT2D eigenvalue weighted by atomic mass is 16.3. The maximum atomic E-state index is 12.5. The lowest BCUT2D eigenvalue weighted by Gasteiger charge is -2.33. The van der Waals surface area contributed by atoms with Crippen molar-refractivity contribution in [3.8, 4) is 0 Å². The van der Waals surface area contributed by atoms with Gasteiger partial charge in [0.1, 0.15) is 0 Å². The summed E-state index contributed by atoms with van der Waals surface area (Å²) < 4.78 is 0. The summed E-state index contributed by atoms with van der Waals surface area (Å²) in [7, 11) is 0. The molecule has 0 aromatic carbocycles. The highest BCUT2D eigenvalue weighted by Crippen LogP contribution is 2.19. The van der Waals surface area contributed by atoms with E-state index < -0.39 is 0 Å². The molecule has 1 amide bonds. The summed E-state index contributed by atoms with van der Waals surface area (Å²) in [5, 5.41) is 9.16. The summed E-state index contributed by atoms with van der Waals surface area (Å²) in [5.74, 6) is 0.380. The van der Waals surface area contributed by atoms with Gasteiger partial charge in [-0.15, -0.1) is 0 Å². The molecule has 1 atom stereocenters. The molecule has 1 unspecified atom stereocenters. The van der Waals surface area contributed by atoms with Gasteiger partial charge in [-0.05, 0) is 25.7 Å². The zero-order valence-corrected chi connectivity index (χ0v) is 12.6. The van der Waals surface area contributed by atoms with E-state index in [1.807, 2.05) is 4.90 Å². The SMILES string of the molecule is CCCCC(CC)C(=O)N(CCO)C(CC)CC. The standard InChI is InChI=1S/C15H31NO2/c1-5-9-10-13(6-2)15(18)16(11-12-17)14(7-3)8-4/h13-14,17H,5-12H2,1-4H3. The first-order valence-electron chi connectivity index (χ1n) is 7.57. The second kappa shape index (κ2) is 10.4. The van der Waals surface area contributed by atoms with Gasteiger partial charge in [-0.1, -0.05) is 40.5 Å². The highest BCUT2D eigenvalue weighted by molar-refractivity contribution is 5.79. The third-order valence-electron chi connectivity index (χ3n) is 3.76. The molecule has 0 aromatic heterocycles. The smallest absolute Gasteiger partial charge is 0.225 e. The van der Waals surface area contributed by atoms with E-state index in [1.54, 1.807) is 0 Å². The van der Waals surface area contributed by atoms with Crippen LogP contribution in [0.15, 0.2) is 0 Å². The predicted molar refractivity (Wildman–Crippen MR) is 76.5 cm³/mol. The maximum Gasteiger partial charge on any atom is 0.225 e. The van der Waals surface area contributed by atoms with Crippen LogP contribution in [-0.4, -0.2) is 35.1 Å². The number of unbranched alkanes of at least 4 members (excludes halogenated alkanes) is 1. The van der Waals surface area contributed by atoms with Crippen molar-refractivity contribution < 1.29 is 9.90 Å². The van der Waals surface area contributed by atoms with Crippen molar-refractivity contribution in [2.24, 2.45) is 5.92 Å². The van der Waals surface area contributed by atoms with E-state index in [2.05, 4.69) is 27.7 Å². The first-order valence-corrected chi connectivity index (χ1v) is 7.57. The average Bonchev–Trinajstić information content (AvgIpc) is 2.39. The third-order valence-corrected chi connectivity index (χ3v) is 3.76. The van der Waals surface area contributed by atoms with Crippen LogP contribution in [0.1, 0.15) is 66.2 Å². The first kappa shape index (κ1) is 17.4. The second-order valence-corrected chi connectivity index (χ2v) is 4.97. The van der Waals surface area contributed by atoms with Crippen molar-refractivity contribution in [3.63, 3.8) is 0 Å². The van der Waals surface area contributed by atoms with Gasteiger partial charge in [0.2, 0.25) is 5.91 Å². The number of hydrogen-bond acceptors (Lipinski definition) is 2. The molecule has 0 radical (unpaired) electrons. The Kier molecular flexibility index (Phi) is 10.0. The quantitative estimate of drug-likeness (QED) is 0.653. The van der Waals surface area contributed by atoms with Gasteiger partial charge in [0, 0.05) is 18.5 Å². The molecule has 0 bridgehead atoms. The number of rotatable bonds is 10. The minimum absolute atomic E-state index is 0.0620. The van der Waals surface area contributed by atoms with Crippen molar-refractivity contribution in [2.45, 2.75) is 72.3 Å². The molecule has 0 saturated heterocycles. The Morgan fingerprint density at radius 1 is 1.11 bits per heavy atom. The molecular weight excluding hydrogens is 226 g/mol. The monoisotopic (exact) mass is 257 g/mol. The summed E-state index contributed by atoms with van der Waals surface area (Å²) >= 11 is 0. The molecule has 0 heterocycles. The fraction of sp³-hybridized carbons (Fsp3) is 0.933. The van der Waals surface area contributed by atoms with Gasteiger partial charge in [0.15, 0.2) is 0 Å². The third kappa shape index (κ3) is 5.38. The number of amides is 1. The van der Waals surface area contributed by atoms with Crippen molar-refractivity contribution in [1.82, 2.24) is 4.90 Å². The van der Waals surface area contributed by atoms with Crippen molar-refractivity contribution >= 4 is 5.91 Å². The van der Waals surface area contributed by atoms with Crippen molar-refractivity contribution in [2.75, 3.05) is 13.2 Å². The number of aliphatic hydroxyl groups excluding tert-OH is 1. The van der Waals surface area contributed by atoms with Crippen LogP contribution in [0.2, 0.25) is 0 Å². The molecule has 3 nitrogen and oxygen atoms in total. The van der Waals surface area contributed by atoms with E-state index in [-0.39, 0.29) is 24.5 Å². The van der Waals surface area contributed by atoms with Crippen LogP contribution in [0, 0.1) is 5.92 Å². The van der Waals surface area contributed by atoms with E-state index in [0.717, 1.165) is 38.5 Å². The van der Waals surface area contributed by atoms with Crippen LogP contribution in [0.3, 0.4) is 0 Å². The zero-order chi connectivity index (χ0) is 14.0. The van der Waals surface area contributed by atoms with Crippen LogP contribution >= 0.6 is 0 Å². The zero-order valence-electron chi connectivity index (χ0n) is 12.6. The summed E-state index contributed by atoms with van der Waals surface area (Å²) in [6.45, 7) is 9.00. The molecule has 0 spiro atoms. The molecule has 108 valence electrons. The summed E-state index contributed by atoms with van der Waals surface area (Å²) in [6, 6.07) is 0.278. The van der Waals surface area contributed by atoms with E-state index in [1.165, 1.54) is 0 Å². The number of carbonyl (C=O) groups is 1. The molecule has 0 fully saturated rings. The molecule has 0 aliphatic carbocycles. The lowest BCUT2D eigenvalue weighted by molar-refractivity contribution is -0.139. The van der Waals surface area contributed by atoms with Crippen LogP contribution in [-0.2, 0) is 4.79 Å². The van der Waals surface area contributed by atoms with Crippen molar-refractivity contribution in [1.29, 1.82) is 0 Å². The van der Waals surface area contributed by atoms with Gasteiger partial charge in [0.05, 0.1) is 6.61 Å². The van der Waals surface area contributed by atoms with E-state index >= 15 is 0 Å². The molecule has 3 heteroatoms. The maximum absolute atomic E-state index is 12.5. The average molecular weight is 257 g/mol. The fourth-order valence-electron chi connectivity index (χ4n) is 2.50. The Bertz CT molecular complexity index is 215. The molecule has 0 saturated carbocycles. The number of nitrogens with zero attached hydrogens (tertiary/aromatic N) is 1. The molecule has 0 rings (SSSR count).